The van der Waals surface area contributed by atoms with Gasteiger partial charge in [-0.25, -0.2) is 4.79 Å². The Bertz CT molecular complexity index is 1660. The number of allylic oxidation sites excluding steroid dienone is 14. The van der Waals surface area contributed by atoms with Gasteiger partial charge in [0.15, 0.2) is 24.6 Å². The van der Waals surface area contributed by atoms with Crippen molar-refractivity contribution in [2.24, 2.45) is 0 Å². The molecule has 6 atom stereocenters. The number of rotatable bonds is 51. The van der Waals surface area contributed by atoms with E-state index in [1.54, 1.807) is 0 Å². The summed E-state index contributed by atoms with van der Waals surface area (Å²) in [6.07, 6.45) is 55.5. The Balaban J connectivity index is 2.70. The second-order valence-electron chi connectivity index (χ2n) is 20.6. The van der Waals surface area contributed by atoms with Gasteiger partial charge in [-0.15, -0.1) is 0 Å². The van der Waals surface area contributed by atoms with E-state index in [4.69, 9.17) is 23.7 Å². The predicted molar refractivity (Wildman–Crippen MR) is 312 cm³/mol. The third-order valence-electron chi connectivity index (χ3n) is 13.5. The Labute approximate surface area is 467 Å². The Morgan fingerprint density at radius 1 is 0.442 bits per heavy atom. The topological polar surface area (TPSA) is 175 Å². The van der Waals surface area contributed by atoms with Crippen LogP contribution in [-0.2, 0) is 42.9 Å². The highest BCUT2D eigenvalue weighted by atomic mass is 16.7. The molecule has 0 aliphatic carbocycles. The third-order valence-corrected chi connectivity index (χ3v) is 13.5. The van der Waals surface area contributed by atoms with Crippen LogP contribution in [0.15, 0.2) is 85.1 Å². The number of hydrogen-bond acceptors (Lipinski definition) is 11. The maximum Gasteiger partial charge on any atom is 0.335 e. The molecule has 0 aromatic carbocycles. The number of aliphatic hydroxyl groups excluding tert-OH is 2. The van der Waals surface area contributed by atoms with Crippen LogP contribution in [0.1, 0.15) is 252 Å². The summed E-state index contributed by atoms with van der Waals surface area (Å²) in [6, 6.07) is 0. The fraction of sp³-hybridized carbons (Fsp3) is 0.723. The smallest absolute Gasteiger partial charge is 0.335 e. The molecule has 1 aliphatic rings. The first-order valence-corrected chi connectivity index (χ1v) is 30.6. The lowest BCUT2D eigenvalue weighted by molar-refractivity contribution is -0.301. The van der Waals surface area contributed by atoms with Crippen LogP contribution >= 0.6 is 0 Å². The summed E-state index contributed by atoms with van der Waals surface area (Å²) in [4.78, 5) is 51.2. The Kier molecular flexibility index (Phi) is 48.4. The molecule has 12 nitrogen and oxygen atoms in total. The van der Waals surface area contributed by atoms with Crippen LogP contribution < -0.4 is 0 Å². The Hall–Kier alpha value is -4.10. The molecule has 0 bridgehead atoms. The average Bonchev–Trinajstić information content (AvgIpc) is 3.42. The quantitative estimate of drug-likeness (QED) is 0.0228. The van der Waals surface area contributed by atoms with Crippen LogP contribution in [0.5, 0.6) is 0 Å². The fourth-order valence-electron chi connectivity index (χ4n) is 8.78. The zero-order valence-electron chi connectivity index (χ0n) is 48.4. The van der Waals surface area contributed by atoms with Crippen molar-refractivity contribution in [2.45, 2.75) is 289 Å². The van der Waals surface area contributed by atoms with Crippen LogP contribution in [-0.4, -0.2) is 89.2 Å². The van der Waals surface area contributed by atoms with Gasteiger partial charge in [-0.3, -0.25) is 14.4 Å². The minimum atomic E-state index is -1.92. The summed E-state index contributed by atoms with van der Waals surface area (Å²) in [5, 5.41) is 31.5. The number of carboxylic acid groups (broad SMARTS) is 1. The fourth-order valence-corrected chi connectivity index (χ4v) is 8.78. The van der Waals surface area contributed by atoms with Crippen molar-refractivity contribution < 1.29 is 58.2 Å². The van der Waals surface area contributed by atoms with E-state index in [1.807, 2.05) is 0 Å². The number of esters is 3. The highest BCUT2D eigenvalue weighted by Crippen LogP contribution is 2.26. The first kappa shape index (κ1) is 70.9. The molecule has 0 aromatic rings. The van der Waals surface area contributed by atoms with Gasteiger partial charge < -0.3 is 39.0 Å². The second kappa shape index (κ2) is 52.6. The lowest BCUT2D eigenvalue weighted by Gasteiger charge is -2.40. The van der Waals surface area contributed by atoms with Crippen LogP contribution in [0, 0.1) is 0 Å². The summed E-state index contributed by atoms with van der Waals surface area (Å²) in [7, 11) is 0. The predicted octanol–water partition coefficient (Wildman–Crippen LogP) is 15.9. The van der Waals surface area contributed by atoms with Crippen molar-refractivity contribution >= 4 is 23.9 Å². The normalized spacial score (nSPS) is 18.6. The highest BCUT2D eigenvalue weighted by molar-refractivity contribution is 5.74. The van der Waals surface area contributed by atoms with Gasteiger partial charge in [0, 0.05) is 19.3 Å². The molecule has 6 unspecified atom stereocenters. The number of carbonyl (C=O) groups excluding carboxylic acids is 3. The molecule has 77 heavy (non-hydrogen) atoms. The molecule has 3 N–H and O–H groups in total. The average molecular weight is 1080 g/mol. The first-order chi connectivity index (χ1) is 37.6. The lowest BCUT2D eigenvalue weighted by Crippen LogP contribution is -2.61. The van der Waals surface area contributed by atoms with Crippen LogP contribution in [0.25, 0.3) is 0 Å². The first-order valence-electron chi connectivity index (χ1n) is 30.6. The Morgan fingerprint density at radius 2 is 0.818 bits per heavy atom. The molecule has 0 saturated carbocycles. The van der Waals surface area contributed by atoms with Gasteiger partial charge >= 0.3 is 23.9 Å². The van der Waals surface area contributed by atoms with Gasteiger partial charge in [-0.05, 0) is 96.3 Å². The zero-order chi connectivity index (χ0) is 56.1. The van der Waals surface area contributed by atoms with Gasteiger partial charge in [0.2, 0.25) is 0 Å². The molecule has 1 fully saturated rings. The number of carbonyl (C=O) groups is 4. The maximum absolute atomic E-state index is 13.1. The van der Waals surface area contributed by atoms with Crippen LogP contribution in [0.3, 0.4) is 0 Å². The molecule has 1 saturated heterocycles. The van der Waals surface area contributed by atoms with E-state index in [2.05, 4.69) is 106 Å². The molecule has 0 aromatic heterocycles. The van der Waals surface area contributed by atoms with Crippen molar-refractivity contribution in [3.05, 3.63) is 85.1 Å². The summed E-state index contributed by atoms with van der Waals surface area (Å²) in [5.74, 6) is -3.19. The van der Waals surface area contributed by atoms with Gasteiger partial charge in [0.25, 0.3) is 0 Å². The summed E-state index contributed by atoms with van der Waals surface area (Å²) < 4.78 is 28.4. The van der Waals surface area contributed by atoms with Crippen LogP contribution in [0.2, 0.25) is 0 Å². The van der Waals surface area contributed by atoms with Crippen molar-refractivity contribution in [1.29, 1.82) is 0 Å². The van der Waals surface area contributed by atoms with Crippen LogP contribution in [0.4, 0.5) is 0 Å². The number of aliphatic hydroxyl groups is 2. The molecule has 1 rings (SSSR count). The Morgan fingerprint density at radius 3 is 1.30 bits per heavy atom. The van der Waals surface area contributed by atoms with E-state index >= 15 is 0 Å². The number of ether oxygens (including phenoxy) is 5. The standard InChI is InChI=1S/C65H108O12/c1-4-7-10-13-16-19-22-25-27-28-29-30-32-34-36-39-42-45-48-51-57(66)73-54-56(75-58(67)52-49-46-43-40-37-33-24-21-18-15-12-9-6-3)55-74-65-63(61(70)60(69)62(77-65)64(71)72)76-59(68)53-50-47-44-41-38-35-31-26-23-20-17-14-11-8-5-2/h8,11,16-17,19-20,25-27,29-31,38,41,56,60-63,65,69-70H,4-7,9-10,12-15,18,21-24,28,32-37,39-40,42-55H2,1-3H3,(H,71,72)/b11-8-,19-16-,20-17-,27-25-,30-29-,31-26-,41-38-. The number of hydrogen-bond donors (Lipinski definition) is 3. The molecule has 12 heteroatoms. The van der Waals surface area contributed by atoms with E-state index in [0.29, 0.717) is 25.7 Å². The SMILES string of the molecule is CC/C=C\C/C=C\C/C=C\C/C=C\CCCCC(=O)OC1C(OCC(COC(=O)CCCCCCCC/C=C\C/C=C\C/C=C\CCCCC)OC(=O)CCCCCCCCCCCCCCC)OC(C(=O)O)C(O)C1O. The molecule has 1 heterocycles. The van der Waals surface area contributed by atoms with Crippen molar-refractivity contribution in [3.63, 3.8) is 0 Å². The van der Waals surface area contributed by atoms with E-state index in [9.17, 15) is 34.5 Å². The number of unbranched alkanes of at least 4 members (excludes halogenated alkanes) is 23. The molecule has 0 spiro atoms. The molecule has 0 radical (unpaired) electrons. The molecule has 0 amide bonds. The van der Waals surface area contributed by atoms with E-state index in [0.717, 1.165) is 103 Å². The highest BCUT2D eigenvalue weighted by Gasteiger charge is 2.50. The van der Waals surface area contributed by atoms with E-state index in [1.165, 1.54) is 83.5 Å². The van der Waals surface area contributed by atoms with E-state index in [-0.39, 0.29) is 25.9 Å². The largest absolute Gasteiger partial charge is 0.479 e. The molecular formula is C65H108O12. The monoisotopic (exact) mass is 1080 g/mol. The van der Waals surface area contributed by atoms with Gasteiger partial charge in [-0.1, -0.05) is 221 Å². The molecule has 1 aliphatic heterocycles. The summed E-state index contributed by atoms with van der Waals surface area (Å²) >= 11 is 0. The van der Waals surface area contributed by atoms with Gasteiger partial charge in [0.05, 0.1) is 6.61 Å². The lowest BCUT2D eigenvalue weighted by atomic mass is 9.98. The van der Waals surface area contributed by atoms with Crippen molar-refractivity contribution in [3.8, 4) is 0 Å². The summed E-state index contributed by atoms with van der Waals surface area (Å²) in [5.41, 5.74) is 0. The molecular weight excluding hydrogens is 973 g/mol. The number of carboxylic acids is 1. The number of aliphatic carboxylic acids is 1. The summed E-state index contributed by atoms with van der Waals surface area (Å²) in [6.45, 7) is 5.83. The van der Waals surface area contributed by atoms with E-state index < -0.39 is 67.3 Å². The van der Waals surface area contributed by atoms with Crippen molar-refractivity contribution in [1.82, 2.24) is 0 Å². The second-order valence-corrected chi connectivity index (χ2v) is 20.6. The molecule has 440 valence electrons. The zero-order valence-corrected chi connectivity index (χ0v) is 48.4. The maximum atomic E-state index is 13.1. The minimum Gasteiger partial charge on any atom is -0.479 e. The third kappa shape index (κ3) is 42.5. The minimum absolute atomic E-state index is 0.00510. The van der Waals surface area contributed by atoms with Gasteiger partial charge in [0.1, 0.15) is 18.8 Å². The van der Waals surface area contributed by atoms with Crippen molar-refractivity contribution in [2.75, 3.05) is 13.2 Å². The van der Waals surface area contributed by atoms with Gasteiger partial charge in [-0.2, -0.15) is 0 Å².